The molecule has 0 saturated carbocycles. The second-order valence-electron chi connectivity index (χ2n) is 11.2. The molecular weight excluding hydrogens is 446 g/mol. The summed E-state index contributed by atoms with van der Waals surface area (Å²) in [7, 11) is 0. The largest absolute Gasteiger partial charge is 0.331 e. The van der Waals surface area contributed by atoms with Gasteiger partial charge in [0.25, 0.3) is 0 Å². The lowest BCUT2D eigenvalue weighted by Gasteiger charge is -2.33. The first-order valence-corrected chi connectivity index (χ1v) is 13.8. The molecule has 1 unspecified atom stereocenters. The van der Waals surface area contributed by atoms with Gasteiger partial charge in [-0.3, -0.25) is 14.5 Å². The minimum Gasteiger partial charge on any atom is -0.331 e. The third-order valence-corrected chi connectivity index (χ3v) is 7.90. The maximum Gasteiger partial charge on any atom is 0.240 e. The monoisotopic (exact) mass is 489 g/mol. The number of aryl methyl sites for hydroxylation is 2. The van der Waals surface area contributed by atoms with Crippen LogP contribution >= 0.6 is 0 Å². The van der Waals surface area contributed by atoms with E-state index in [0.29, 0.717) is 31.3 Å². The Kier molecular flexibility index (Phi) is 9.33. The predicted octanol–water partition coefficient (Wildman–Crippen LogP) is 4.63. The lowest BCUT2D eigenvalue weighted by Crippen LogP contribution is -2.51. The van der Waals surface area contributed by atoms with Gasteiger partial charge in [0.1, 0.15) is 0 Å². The number of nitrogens with two attached hydrogens (primary N) is 1. The van der Waals surface area contributed by atoms with Gasteiger partial charge in [0.2, 0.25) is 5.91 Å². The molecule has 2 N–H and O–H groups in total. The number of nitrogens with zero attached hydrogens (tertiary/aromatic N) is 2. The Hall–Kier alpha value is -2.50. The van der Waals surface area contributed by atoms with Gasteiger partial charge in [0.05, 0.1) is 12.1 Å². The fourth-order valence-corrected chi connectivity index (χ4v) is 6.05. The highest BCUT2D eigenvalue weighted by atomic mass is 16.2. The molecule has 2 aromatic rings. The lowest BCUT2D eigenvalue weighted by molar-refractivity contribution is -0.142. The summed E-state index contributed by atoms with van der Waals surface area (Å²) in [6, 6.07) is 20.7. The zero-order chi connectivity index (χ0) is 25.5. The Morgan fingerprint density at radius 2 is 1.64 bits per heavy atom. The van der Waals surface area contributed by atoms with Crippen molar-refractivity contribution in [1.29, 1.82) is 0 Å². The zero-order valence-corrected chi connectivity index (χ0v) is 22.0. The van der Waals surface area contributed by atoms with Crippen LogP contribution in [0.1, 0.15) is 63.5 Å². The van der Waals surface area contributed by atoms with Crippen molar-refractivity contribution in [2.45, 2.75) is 89.4 Å². The molecule has 0 aliphatic carbocycles. The van der Waals surface area contributed by atoms with Crippen molar-refractivity contribution >= 4 is 11.7 Å². The van der Waals surface area contributed by atoms with Crippen LogP contribution in [0.4, 0.5) is 0 Å². The number of amides is 1. The normalized spacial score (nSPS) is 23.5. The number of carbonyl (C=O) groups excluding carboxylic acids is 2. The van der Waals surface area contributed by atoms with Gasteiger partial charge in [-0.15, -0.1) is 0 Å². The van der Waals surface area contributed by atoms with Gasteiger partial charge < -0.3 is 10.6 Å². The van der Waals surface area contributed by atoms with Crippen LogP contribution in [-0.4, -0.2) is 58.7 Å². The molecule has 0 bridgehead atoms. The summed E-state index contributed by atoms with van der Waals surface area (Å²) >= 11 is 0. The summed E-state index contributed by atoms with van der Waals surface area (Å²) in [5.41, 5.74) is 8.97. The quantitative estimate of drug-likeness (QED) is 0.500. The van der Waals surface area contributed by atoms with Gasteiger partial charge in [-0.25, -0.2) is 0 Å². The number of rotatable bonds is 11. The third kappa shape index (κ3) is 6.83. The van der Waals surface area contributed by atoms with Crippen molar-refractivity contribution in [1.82, 2.24) is 9.80 Å². The number of hydrogen-bond donors (Lipinski definition) is 1. The molecule has 2 fully saturated rings. The molecule has 36 heavy (non-hydrogen) atoms. The minimum absolute atomic E-state index is 0.0169. The Balaban J connectivity index is 1.46. The van der Waals surface area contributed by atoms with Gasteiger partial charge in [-0.2, -0.15) is 0 Å². The Bertz CT molecular complexity index is 978. The number of Topliss-reactive ketones (excluding diaryl/α,β-unsaturated/α-hetero) is 1. The Morgan fingerprint density at radius 3 is 2.28 bits per heavy atom. The molecule has 5 heteroatoms. The van der Waals surface area contributed by atoms with Crippen LogP contribution in [-0.2, 0) is 22.4 Å². The maximum atomic E-state index is 13.9. The second-order valence-corrected chi connectivity index (χ2v) is 11.2. The molecular formula is C31H43N3O2. The van der Waals surface area contributed by atoms with Crippen LogP contribution < -0.4 is 5.73 Å². The van der Waals surface area contributed by atoms with E-state index in [1.54, 1.807) is 0 Å². The summed E-state index contributed by atoms with van der Waals surface area (Å²) in [6.45, 7) is 5.71. The van der Waals surface area contributed by atoms with E-state index in [-0.39, 0.29) is 29.8 Å². The molecule has 4 rings (SSSR count). The summed E-state index contributed by atoms with van der Waals surface area (Å²) in [5, 5.41) is 0. The molecule has 2 aliphatic rings. The first kappa shape index (κ1) is 26.6. The fraction of sp³-hybridized carbons (Fsp3) is 0.548. The average Bonchev–Trinajstić information content (AvgIpc) is 3.22. The lowest BCUT2D eigenvalue weighted by atomic mass is 9.94. The van der Waals surface area contributed by atoms with Crippen molar-refractivity contribution in [3.63, 3.8) is 0 Å². The molecule has 0 radical (unpaired) electrons. The molecule has 2 heterocycles. The number of ketones is 1. The first-order chi connectivity index (χ1) is 17.4. The van der Waals surface area contributed by atoms with Gasteiger partial charge in [-0.1, -0.05) is 74.5 Å². The predicted molar refractivity (Wildman–Crippen MR) is 146 cm³/mol. The Labute approximate surface area is 217 Å². The second kappa shape index (κ2) is 12.6. The molecule has 0 spiro atoms. The summed E-state index contributed by atoms with van der Waals surface area (Å²) in [4.78, 5) is 31.7. The van der Waals surface area contributed by atoms with Crippen molar-refractivity contribution < 1.29 is 9.59 Å². The highest BCUT2D eigenvalue weighted by molar-refractivity contribution is 5.91. The van der Waals surface area contributed by atoms with Gasteiger partial charge >= 0.3 is 0 Å². The topological polar surface area (TPSA) is 66.6 Å². The van der Waals surface area contributed by atoms with Crippen molar-refractivity contribution in [2.75, 3.05) is 13.1 Å². The van der Waals surface area contributed by atoms with E-state index in [4.69, 9.17) is 5.73 Å². The van der Waals surface area contributed by atoms with E-state index < -0.39 is 0 Å². The standard InChI is InChI=1S/C31H43N3O2/c1-23(2)20-28(30(35)15-9-14-24-10-5-3-6-11-24)33-19-18-27(17-16-25-12-7-4-8-13-25)34-22-26(32)21-29(34)31(33)36/h3-8,10-13,23,26-29H,9,14-22,32H2,1-2H3/t26-,27?,28-,29+/m1/s1. The molecule has 194 valence electrons. The number of hydrogen-bond acceptors (Lipinski definition) is 4. The van der Waals surface area contributed by atoms with Crippen molar-refractivity contribution in [3.8, 4) is 0 Å². The van der Waals surface area contributed by atoms with Gasteiger partial charge in [0.15, 0.2) is 5.78 Å². The highest BCUT2D eigenvalue weighted by Crippen LogP contribution is 2.31. The molecule has 4 atom stereocenters. The third-order valence-electron chi connectivity index (χ3n) is 7.90. The van der Waals surface area contributed by atoms with E-state index >= 15 is 0 Å². The van der Waals surface area contributed by atoms with Crippen molar-refractivity contribution in [2.24, 2.45) is 11.7 Å². The van der Waals surface area contributed by atoms with Crippen LogP contribution in [0.5, 0.6) is 0 Å². The molecule has 2 aliphatic heterocycles. The van der Waals surface area contributed by atoms with Gasteiger partial charge in [0, 0.05) is 31.6 Å². The maximum absolute atomic E-state index is 13.9. The van der Waals surface area contributed by atoms with Crippen LogP contribution in [0, 0.1) is 5.92 Å². The SMILES string of the molecule is CC(C)C[C@H](C(=O)CCCc1ccccc1)N1CCC(CCc2ccccc2)N2C[C@H](N)C[C@H]2C1=O. The Morgan fingerprint density at radius 1 is 1.00 bits per heavy atom. The van der Waals surface area contributed by atoms with Crippen LogP contribution in [0.15, 0.2) is 60.7 Å². The fourth-order valence-electron chi connectivity index (χ4n) is 6.05. The molecule has 0 aromatic heterocycles. The molecule has 5 nitrogen and oxygen atoms in total. The van der Waals surface area contributed by atoms with E-state index in [9.17, 15) is 9.59 Å². The smallest absolute Gasteiger partial charge is 0.240 e. The van der Waals surface area contributed by atoms with Crippen LogP contribution in [0.3, 0.4) is 0 Å². The van der Waals surface area contributed by atoms with Crippen LogP contribution in [0.25, 0.3) is 0 Å². The zero-order valence-electron chi connectivity index (χ0n) is 22.0. The number of fused-ring (bicyclic) bond motifs is 1. The minimum atomic E-state index is -0.333. The molecule has 1 amide bonds. The first-order valence-electron chi connectivity index (χ1n) is 13.8. The highest BCUT2D eigenvalue weighted by Gasteiger charge is 2.45. The summed E-state index contributed by atoms with van der Waals surface area (Å²) in [5.74, 6) is 0.678. The van der Waals surface area contributed by atoms with Crippen LogP contribution in [0.2, 0.25) is 0 Å². The summed E-state index contributed by atoms with van der Waals surface area (Å²) in [6.07, 6.45) is 6.54. The van der Waals surface area contributed by atoms with Crippen molar-refractivity contribution in [3.05, 3.63) is 71.8 Å². The van der Waals surface area contributed by atoms with E-state index in [1.165, 1.54) is 11.1 Å². The van der Waals surface area contributed by atoms with Gasteiger partial charge in [-0.05, 0) is 62.0 Å². The van der Waals surface area contributed by atoms with E-state index in [0.717, 1.165) is 45.1 Å². The number of benzene rings is 2. The summed E-state index contributed by atoms with van der Waals surface area (Å²) < 4.78 is 0. The molecule has 2 saturated heterocycles. The van der Waals surface area contributed by atoms with E-state index in [2.05, 4.69) is 55.1 Å². The molecule has 2 aromatic carbocycles. The van der Waals surface area contributed by atoms with E-state index in [1.807, 2.05) is 29.2 Å². The average molecular weight is 490 g/mol. The number of carbonyl (C=O) groups is 2.